The number of aromatic nitrogens is 1. The second-order valence-corrected chi connectivity index (χ2v) is 6.06. The maximum Gasteiger partial charge on any atom is 0.185 e. The molecule has 2 aromatic carbocycles. The standard InChI is InChI=1S/C18H18N2O3S.BrH/c1-3-23-14-8-5-4-7-12(14)13(21)11-19-18-20-17-15(22-2)9-6-10-16(17)24-18;/h4-10H,3,11H2,1-2H3,(H,19,20);1H. The van der Waals surface area contributed by atoms with Gasteiger partial charge in [-0.15, -0.1) is 17.0 Å². The highest BCUT2D eigenvalue weighted by Crippen LogP contribution is 2.32. The van der Waals surface area contributed by atoms with Crippen LogP contribution in [0.4, 0.5) is 5.13 Å². The minimum atomic E-state index is -0.0368. The first kappa shape index (κ1) is 19.2. The minimum Gasteiger partial charge on any atom is -0.494 e. The van der Waals surface area contributed by atoms with Crippen LogP contribution in [0.15, 0.2) is 42.5 Å². The Labute approximate surface area is 160 Å². The monoisotopic (exact) mass is 422 g/mol. The zero-order valence-electron chi connectivity index (χ0n) is 13.9. The summed E-state index contributed by atoms with van der Waals surface area (Å²) in [5.74, 6) is 1.30. The number of fused-ring (bicyclic) bond motifs is 1. The van der Waals surface area contributed by atoms with Gasteiger partial charge in [0, 0.05) is 0 Å². The van der Waals surface area contributed by atoms with Crippen LogP contribution in [0.5, 0.6) is 11.5 Å². The summed E-state index contributed by atoms with van der Waals surface area (Å²) >= 11 is 1.49. The third kappa shape index (κ3) is 4.29. The third-order valence-electron chi connectivity index (χ3n) is 3.49. The molecule has 7 heteroatoms. The fourth-order valence-electron chi connectivity index (χ4n) is 2.39. The molecule has 0 spiro atoms. The Morgan fingerprint density at radius 1 is 1.16 bits per heavy atom. The van der Waals surface area contributed by atoms with E-state index in [0.717, 1.165) is 16.0 Å². The quantitative estimate of drug-likeness (QED) is 0.564. The number of ketones is 1. The molecule has 0 radical (unpaired) electrons. The molecule has 0 saturated heterocycles. The molecule has 1 aromatic heterocycles. The van der Waals surface area contributed by atoms with Crippen LogP contribution in [0, 0.1) is 0 Å². The van der Waals surface area contributed by atoms with Crippen LogP contribution in [0.2, 0.25) is 0 Å². The maximum absolute atomic E-state index is 12.5. The van der Waals surface area contributed by atoms with Gasteiger partial charge in [-0.25, -0.2) is 4.98 Å². The molecular weight excluding hydrogens is 404 g/mol. The van der Waals surface area contributed by atoms with Gasteiger partial charge >= 0.3 is 0 Å². The Balaban J connectivity index is 0.00000225. The van der Waals surface area contributed by atoms with Crippen molar-refractivity contribution in [2.45, 2.75) is 6.92 Å². The van der Waals surface area contributed by atoms with E-state index in [9.17, 15) is 4.79 Å². The van der Waals surface area contributed by atoms with Crippen molar-refractivity contribution in [2.24, 2.45) is 0 Å². The number of carbonyl (C=O) groups is 1. The molecule has 0 atom stereocenters. The van der Waals surface area contributed by atoms with Crippen molar-refractivity contribution in [3.8, 4) is 11.5 Å². The lowest BCUT2D eigenvalue weighted by Crippen LogP contribution is -2.15. The minimum absolute atomic E-state index is 0. The number of halogens is 1. The van der Waals surface area contributed by atoms with Crippen molar-refractivity contribution in [2.75, 3.05) is 25.6 Å². The van der Waals surface area contributed by atoms with E-state index in [0.29, 0.717) is 23.1 Å². The average Bonchev–Trinajstić information content (AvgIpc) is 3.03. The number of carbonyl (C=O) groups excluding carboxylic acids is 1. The van der Waals surface area contributed by atoms with Gasteiger partial charge in [-0.1, -0.05) is 29.5 Å². The first-order valence-electron chi connectivity index (χ1n) is 7.65. The highest BCUT2D eigenvalue weighted by Gasteiger charge is 2.13. The van der Waals surface area contributed by atoms with Crippen LogP contribution < -0.4 is 14.8 Å². The lowest BCUT2D eigenvalue weighted by atomic mass is 10.1. The van der Waals surface area contributed by atoms with Crippen LogP contribution in [-0.2, 0) is 0 Å². The molecule has 0 amide bonds. The number of methoxy groups -OCH3 is 1. The number of Topliss-reactive ketones (excluding diaryl/α,β-unsaturated/α-hetero) is 1. The molecule has 5 nitrogen and oxygen atoms in total. The summed E-state index contributed by atoms with van der Waals surface area (Å²) in [7, 11) is 1.62. The topological polar surface area (TPSA) is 60.5 Å². The van der Waals surface area contributed by atoms with E-state index >= 15 is 0 Å². The Bertz CT molecular complexity index is 866. The molecule has 0 bridgehead atoms. The molecule has 132 valence electrons. The summed E-state index contributed by atoms with van der Waals surface area (Å²) in [5, 5.41) is 3.79. The molecule has 0 unspecified atom stereocenters. The molecule has 0 aliphatic carbocycles. The van der Waals surface area contributed by atoms with Gasteiger partial charge in [0.2, 0.25) is 0 Å². The lowest BCUT2D eigenvalue weighted by Gasteiger charge is -2.09. The molecule has 3 rings (SSSR count). The fourth-order valence-corrected chi connectivity index (χ4v) is 3.27. The summed E-state index contributed by atoms with van der Waals surface area (Å²) in [6.45, 7) is 2.58. The summed E-state index contributed by atoms with van der Waals surface area (Å²) in [6, 6.07) is 13.0. The van der Waals surface area contributed by atoms with Crippen LogP contribution in [0.1, 0.15) is 17.3 Å². The highest BCUT2D eigenvalue weighted by molar-refractivity contribution is 8.93. The molecule has 25 heavy (non-hydrogen) atoms. The van der Waals surface area contributed by atoms with Crippen molar-refractivity contribution >= 4 is 49.4 Å². The number of nitrogens with zero attached hydrogens (tertiary/aromatic N) is 1. The summed E-state index contributed by atoms with van der Waals surface area (Å²) in [5.41, 5.74) is 1.38. The van der Waals surface area contributed by atoms with Crippen molar-refractivity contribution in [3.05, 3.63) is 48.0 Å². The zero-order valence-corrected chi connectivity index (χ0v) is 16.5. The first-order valence-corrected chi connectivity index (χ1v) is 8.47. The van der Waals surface area contributed by atoms with Gasteiger partial charge < -0.3 is 14.8 Å². The molecule has 0 aliphatic rings. The summed E-state index contributed by atoms with van der Waals surface area (Å²) in [4.78, 5) is 17.0. The van der Waals surface area contributed by atoms with Gasteiger partial charge in [-0.05, 0) is 31.2 Å². The second-order valence-electron chi connectivity index (χ2n) is 5.03. The summed E-state index contributed by atoms with van der Waals surface area (Å²) in [6.07, 6.45) is 0. The van der Waals surface area contributed by atoms with Crippen LogP contribution in [-0.4, -0.2) is 31.0 Å². The van der Waals surface area contributed by atoms with Gasteiger partial charge in [-0.2, -0.15) is 0 Å². The van der Waals surface area contributed by atoms with E-state index in [1.807, 2.05) is 37.3 Å². The largest absolute Gasteiger partial charge is 0.494 e. The van der Waals surface area contributed by atoms with E-state index in [4.69, 9.17) is 9.47 Å². The number of hydrogen-bond donors (Lipinski definition) is 1. The second kappa shape index (κ2) is 8.82. The number of rotatable bonds is 7. The van der Waals surface area contributed by atoms with E-state index in [-0.39, 0.29) is 29.3 Å². The predicted octanol–water partition coefficient (Wildman–Crippen LogP) is 4.58. The van der Waals surface area contributed by atoms with E-state index in [1.165, 1.54) is 11.3 Å². The Morgan fingerprint density at radius 2 is 1.92 bits per heavy atom. The van der Waals surface area contributed by atoms with Gasteiger partial charge in [-0.3, -0.25) is 4.79 Å². The first-order chi connectivity index (χ1) is 11.7. The SMILES string of the molecule is Br.CCOc1ccccc1C(=O)CNc1nc2c(OC)cccc2s1. The number of benzene rings is 2. The van der Waals surface area contributed by atoms with E-state index in [1.54, 1.807) is 19.2 Å². The van der Waals surface area contributed by atoms with Gasteiger partial charge in [0.05, 0.1) is 30.5 Å². The van der Waals surface area contributed by atoms with E-state index in [2.05, 4.69) is 10.3 Å². The number of para-hydroxylation sites is 2. The van der Waals surface area contributed by atoms with Crippen molar-refractivity contribution < 1.29 is 14.3 Å². The van der Waals surface area contributed by atoms with Gasteiger partial charge in [0.15, 0.2) is 10.9 Å². The van der Waals surface area contributed by atoms with Crippen LogP contribution >= 0.6 is 28.3 Å². The molecular formula is C18H19BrN2O3S. The Morgan fingerprint density at radius 3 is 2.68 bits per heavy atom. The molecule has 1 N–H and O–H groups in total. The fraction of sp³-hybridized carbons (Fsp3) is 0.222. The predicted molar refractivity (Wildman–Crippen MR) is 107 cm³/mol. The Hall–Kier alpha value is -2.12. The molecule has 0 saturated carbocycles. The number of ether oxygens (including phenoxy) is 2. The lowest BCUT2D eigenvalue weighted by molar-refractivity contribution is 0.100. The van der Waals surface area contributed by atoms with Gasteiger partial charge in [0.1, 0.15) is 17.0 Å². The van der Waals surface area contributed by atoms with Crippen molar-refractivity contribution in [1.29, 1.82) is 0 Å². The zero-order chi connectivity index (χ0) is 16.9. The van der Waals surface area contributed by atoms with Crippen LogP contribution in [0.25, 0.3) is 10.2 Å². The number of nitrogens with one attached hydrogen (secondary N) is 1. The smallest absolute Gasteiger partial charge is 0.185 e. The third-order valence-corrected chi connectivity index (χ3v) is 4.47. The number of thiazole rings is 1. The molecule has 0 fully saturated rings. The van der Waals surface area contributed by atoms with Crippen molar-refractivity contribution in [3.63, 3.8) is 0 Å². The van der Waals surface area contributed by atoms with Gasteiger partial charge in [0.25, 0.3) is 0 Å². The number of anilines is 1. The average molecular weight is 423 g/mol. The molecule has 1 heterocycles. The number of hydrogen-bond acceptors (Lipinski definition) is 6. The Kier molecular flexibility index (Phi) is 6.78. The van der Waals surface area contributed by atoms with Crippen LogP contribution in [0.3, 0.4) is 0 Å². The maximum atomic E-state index is 12.5. The molecule has 0 aliphatic heterocycles. The van der Waals surface area contributed by atoms with Crippen molar-refractivity contribution in [1.82, 2.24) is 4.98 Å². The molecule has 3 aromatic rings. The normalized spacial score (nSPS) is 10.2. The summed E-state index contributed by atoms with van der Waals surface area (Å²) < 4.78 is 11.8. The highest BCUT2D eigenvalue weighted by atomic mass is 79.9. The van der Waals surface area contributed by atoms with E-state index < -0.39 is 0 Å².